The first-order valence-corrected chi connectivity index (χ1v) is 10.6. The maximum atomic E-state index is 13.2. The molecule has 1 aliphatic heterocycles. The fraction of sp³-hybridized carbons (Fsp3) is 0.667. The molecule has 0 spiro atoms. The molecule has 1 aliphatic rings. The molecule has 0 amide bonds. The van der Waals surface area contributed by atoms with E-state index in [4.69, 9.17) is 9.47 Å². The lowest BCUT2D eigenvalue weighted by Gasteiger charge is -2.34. The number of rotatable bonds is 11. The average molecular weight is 389 g/mol. The van der Waals surface area contributed by atoms with Gasteiger partial charge in [0.25, 0.3) is 0 Å². The highest BCUT2D eigenvalue weighted by Crippen LogP contribution is 2.11. The maximum absolute atomic E-state index is 13.2. The molecule has 0 N–H and O–H groups in total. The van der Waals surface area contributed by atoms with Gasteiger partial charge in [-0.2, -0.15) is 4.31 Å². The van der Waals surface area contributed by atoms with E-state index in [0.717, 1.165) is 38.0 Å². The van der Waals surface area contributed by atoms with Crippen molar-refractivity contribution in [1.82, 2.24) is 9.21 Å². The molecule has 1 fully saturated rings. The summed E-state index contributed by atoms with van der Waals surface area (Å²) < 4.78 is 49.5. The first-order chi connectivity index (χ1) is 12.5. The molecule has 1 saturated heterocycles. The normalized spacial score (nSPS) is 16.8. The van der Waals surface area contributed by atoms with Crippen molar-refractivity contribution >= 4 is 10.0 Å². The Labute approximate surface area is 155 Å². The van der Waals surface area contributed by atoms with Crippen LogP contribution in [0.5, 0.6) is 0 Å². The topological polar surface area (TPSA) is 59.1 Å². The monoisotopic (exact) mass is 388 g/mol. The fourth-order valence-corrected chi connectivity index (χ4v) is 4.27. The predicted molar refractivity (Wildman–Crippen MR) is 99.2 cm³/mol. The molecule has 148 valence electrons. The molecule has 6 nitrogen and oxygen atoms in total. The number of sulfonamides is 1. The Morgan fingerprint density at radius 3 is 2.58 bits per heavy atom. The van der Waals surface area contributed by atoms with Gasteiger partial charge in [0.1, 0.15) is 5.82 Å². The molecular weight excluding hydrogens is 359 g/mol. The summed E-state index contributed by atoms with van der Waals surface area (Å²) in [5, 5.41) is 0. The zero-order valence-corrected chi connectivity index (χ0v) is 16.2. The van der Waals surface area contributed by atoms with Crippen molar-refractivity contribution in [1.29, 1.82) is 0 Å². The zero-order chi connectivity index (χ0) is 18.8. The van der Waals surface area contributed by atoms with Crippen molar-refractivity contribution in [3.63, 3.8) is 0 Å². The molecule has 1 heterocycles. The highest BCUT2D eigenvalue weighted by molar-refractivity contribution is 7.89. The van der Waals surface area contributed by atoms with Crippen LogP contribution in [0, 0.1) is 5.82 Å². The highest BCUT2D eigenvalue weighted by Gasteiger charge is 2.26. The van der Waals surface area contributed by atoms with Gasteiger partial charge in [0, 0.05) is 33.3 Å². The highest BCUT2D eigenvalue weighted by atomic mass is 32.2. The van der Waals surface area contributed by atoms with Gasteiger partial charge in [-0.25, -0.2) is 12.8 Å². The van der Waals surface area contributed by atoms with E-state index in [9.17, 15) is 12.8 Å². The second-order valence-corrected chi connectivity index (χ2v) is 8.48. The number of methoxy groups -OCH3 is 1. The SMILES string of the molecule is COCCOCCS(=O)(=O)N1CCN(CCCc2cccc(F)c2)CC1. The van der Waals surface area contributed by atoms with Crippen LogP contribution in [-0.4, -0.2) is 83.0 Å². The molecule has 0 bridgehead atoms. The minimum atomic E-state index is -3.26. The standard InChI is InChI=1S/C18H29FN2O4S/c1-24-12-13-25-14-15-26(22,23)21-10-8-20(9-11-21)7-3-5-17-4-2-6-18(19)16-17/h2,4,6,16H,3,5,7-15H2,1H3. The summed E-state index contributed by atoms with van der Waals surface area (Å²) in [5.41, 5.74) is 1.000. The van der Waals surface area contributed by atoms with E-state index in [0.29, 0.717) is 26.3 Å². The van der Waals surface area contributed by atoms with Gasteiger partial charge >= 0.3 is 0 Å². The van der Waals surface area contributed by atoms with Gasteiger partial charge in [-0.05, 0) is 37.1 Å². The van der Waals surface area contributed by atoms with Crippen molar-refractivity contribution in [3.05, 3.63) is 35.6 Å². The first-order valence-electron chi connectivity index (χ1n) is 9.02. The molecule has 2 rings (SSSR count). The van der Waals surface area contributed by atoms with Gasteiger partial charge in [0.2, 0.25) is 10.0 Å². The maximum Gasteiger partial charge on any atom is 0.216 e. The fourth-order valence-electron chi connectivity index (χ4n) is 2.97. The minimum Gasteiger partial charge on any atom is -0.382 e. The summed E-state index contributed by atoms with van der Waals surface area (Å²) in [7, 11) is -1.68. The van der Waals surface area contributed by atoms with Crippen LogP contribution in [0.2, 0.25) is 0 Å². The van der Waals surface area contributed by atoms with Crippen LogP contribution in [0.15, 0.2) is 24.3 Å². The number of piperazine rings is 1. The van der Waals surface area contributed by atoms with E-state index in [1.54, 1.807) is 23.5 Å². The lowest BCUT2D eigenvalue weighted by Crippen LogP contribution is -2.49. The third kappa shape index (κ3) is 7.28. The summed E-state index contributed by atoms with van der Waals surface area (Å²) >= 11 is 0. The van der Waals surface area contributed by atoms with E-state index in [1.807, 2.05) is 6.07 Å². The summed E-state index contributed by atoms with van der Waals surface area (Å²) in [5.74, 6) is -0.191. The van der Waals surface area contributed by atoms with Crippen LogP contribution < -0.4 is 0 Å². The molecule has 1 aromatic carbocycles. The van der Waals surface area contributed by atoms with Crippen molar-refractivity contribution in [2.24, 2.45) is 0 Å². The largest absolute Gasteiger partial charge is 0.382 e. The smallest absolute Gasteiger partial charge is 0.216 e. The summed E-state index contributed by atoms with van der Waals surface area (Å²) in [4.78, 5) is 2.26. The molecule has 1 aromatic rings. The Morgan fingerprint density at radius 1 is 1.12 bits per heavy atom. The van der Waals surface area contributed by atoms with Crippen molar-refractivity contribution in [3.8, 4) is 0 Å². The Morgan fingerprint density at radius 2 is 1.88 bits per heavy atom. The Kier molecular flexibility index (Phi) is 8.94. The van der Waals surface area contributed by atoms with E-state index < -0.39 is 10.0 Å². The van der Waals surface area contributed by atoms with Gasteiger partial charge in [-0.3, -0.25) is 0 Å². The van der Waals surface area contributed by atoms with Crippen LogP contribution in [0.25, 0.3) is 0 Å². The Bertz CT molecular complexity index is 634. The molecule has 0 aliphatic carbocycles. The number of hydrogen-bond donors (Lipinski definition) is 0. The number of benzene rings is 1. The number of nitrogens with zero attached hydrogens (tertiary/aromatic N) is 2. The number of aryl methyl sites for hydroxylation is 1. The molecule has 0 unspecified atom stereocenters. The van der Waals surface area contributed by atoms with Crippen molar-refractivity contribution in [2.75, 3.05) is 65.4 Å². The van der Waals surface area contributed by atoms with Crippen LogP contribution in [0.3, 0.4) is 0 Å². The van der Waals surface area contributed by atoms with E-state index >= 15 is 0 Å². The van der Waals surface area contributed by atoms with Crippen LogP contribution in [0.1, 0.15) is 12.0 Å². The third-order valence-corrected chi connectivity index (χ3v) is 6.31. The molecule has 0 saturated carbocycles. The van der Waals surface area contributed by atoms with Gasteiger partial charge in [0.05, 0.1) is 25.6 Å². The second kappa shape index (κ2) is 10.9. The molecule has 0 radical (unpaired) electrons. The van der Waals surface area contributed by atoms with Crippen LogP contribution in [0.4, 0.5) is 4.39 Å². The second-order valence-electron chi connectivity index (χ2n) is 6.40. The quantitative estimate of drug-likeness (QED) is 0.536. The summed E-state index contributed by atoms with van der Waals surface area (Å²) in [6.07, 6.45) is 1.76. The predicted octanol–water partition coefficient (Wildman–Crippen LogP) is 1.37. The third-order valence-electron chi connectivity index (χ3n) is 4.47. The Hall–Kier alpha value is -1.06. The number of ether oxygens (including phenoxy) is 2. The van der Waals surface area contributed by atoms with E-state index in [1.165, 1.54) is 6.07 Å². The molecule has 0 atom stereocenters. The number of halogens is 1. The molecular formula is C18H29FN2O4S. The van der Waals surface area contributed by atoms with Gasteiger partial charge < -0.3 is 14.4 Å². The van der Waals surface area contributed by atoms with Gasteiger partial charge in [-0.1, -0.05) is 12.1 Å². The van der Waals surface area contributed by atoms with Gasteiger partial charge in [-0.15, -0.1) is 0 Å². The van der Waals surface area contributed by atoms with E-state index in [-0.39, 0.29) is 18.2 Å². The molecule has 0 aromatic heterocycles. The first kappa shape index (κ1) is 21.2. The van der Waals surface area contributed by atoms with Crippen molar-refractivity contribution < 1.29 is 22.3 Å². The summed E-state index contributed by atoms with van der Waals surface area (Å²) in [6.45, 7) is 4.45. The van der Waals surface area contributed by atoms with Gasteiger partial charge in [0.15, 0.2) is 0 Å². The summed E-state index contributed by atoms with van der Waals surface area (Å²) in [6, 6.07) is 6.68. The number of hydrogen-bond acceptors (Lipinski definition) is 5. The molecule has 26 heavy (non-hydrogen) atoms. The molecule has 8 heteroatoms. The zero-order valence-electron chi connectivity index (χ0n) is 15.4. The van der Waals surface area contributed by atoms with Crippen LogP contribution in [-0.2, 0) is 25.9 Å². The van der Waals surface area contributed by atoms with Crippen LogP contribution >= 0.6 is 0 Å². The lowest BCUT2D eigenvalue weighted by molar-refractivity contribution is 0.0779. The van der Waals surface area contributed by atoms with Crippen molar-refractivity contribution in [2.45, 2.75) is 12.8 Å². The Balaban J connectivity index is 1.64. The minimum absolute atomic E-state index is 0.0102. The average Bonchev–Trinajstić information content (AvgIpc) is 2.62. The van der Waals surface area contributed by atoms with E-state index in [2.05, 4.69) is 4.90 Å². The lowest BCUT2D eigenvalue weighted by atomic mass is 10.1.